The zero-order chi connectivity index (χ0) is 12.7. The summed E-state index contributed by atoms with van der Waals surface area (Å²) in [6.07, 6.45) is 2.84. The molecule has 0 aliphatic heterocycles. The van der Waals surface area contributed by atoms with Crippen molar-refractivity contribution in [1.29, 1.82) is 0 Å². The van der Waals surface area contributed by atoms with Gasteiger partial charge in [-0.15, -0.1) is 5.10 Å². The quantitative estimate of drug-likeness (QED) is 0.815. The van der Waals surface area contributed by atoms with Gasteiger partial charge in [0.05, 0.1) is 6.20 Å². The third kappa shape index (κ3) is 3.66. The molecule has 0 unspecified atom stereocenters. The van der Waals surface area contributed by atoms with Crippen molar-refractivity contribution in [2.45, 2.75) is 33.7 Å². The number of nitrogens with zero attached hydrogens (tertiary/aromatic N) is 3. The van der Waals surface area contributed by atoms with Gasteiger partial charge in [-0.3, -0.25) is 4.68 Å². The number of benzene rings is 1. The second kappa shape index (κ2) is 6.78. The molecule has 3 nitrogen and oxygen atoms in total. The van der Waals surface area contributed by atoms with Crippen LogP contribution in [0, 0.1) is 5.82 Å². The van der Waals surface area contributed by atoms with Crippen LogP contribution in [0.2, 0.25) is 0 Å². The lowest BCUT2D eigenvalue weighted by Gasteiger charge is -1.95. The van der Waals surface area contributed by atoms with Crippen molar-refractivity contribution in [1.82, 2.24) is 15.0 Å². The molecule has 0 N–H and O–H groups in total. The van der Waals surface area contributed by atoms with Crippen LogP contribution in [0.3, 0.4) is 0 Å². The highest BCUT2D eigenvalue weighted by molar-refractivity contribution is 5.57. The van der Waals surface area contributed by atoms with Gasteiger partial charge in [-0.25, -0.2) is 4.39 Å². The van der Waals surface area contributed by atoms with Gasteiger partial charge in [-0.05, 0) is 18.6 Å². The lowest BCUT2D eigenvalue weighted by Crippen LogP contribution is -1.96. The molecule has 0 aliphatic rings. The number of aryl methyl sites for hydroxylation is 1. The van der Waals surface area contributed by atoms with Crippen molar-refractivity contribution >= 4 is 0 Å². The molecule has 0 saturated heterocycles. The van der Waals surface area contributed by atoms with E-state index in [9.17, 15) is 4.39 Å². The molecule has 92 valence electrons. The molecule has 0 spiro atoms. The van der Waals surface area contributed by atoms with E-state index in [1.807, 2.05) is 26.1 Å². The molecule has 2 aromatic rings. The summed E-state index contributed by atoms with van der Waals surface area (Å²) in [5.74, 6) is -0.252. The first kappa shape index (κ1) is 13.4. The molecular formula is C13H18FN3. The Kier molecular flexibility index (Phi) is 5.33. The fraction of sp³-hybridized carbons (Fsp3) is 0.385. The molecule has 0 radical (unpaired) electrons. The first-order valence-electron chi connectivity index (χ1n) is 5.95. The minimum absolute atomic E-state index is 0.252. The molecule has 1 heterocycles. The van der Waals surface area contributed by atoms with Crippen molar-refractivity contribution in [3.8, 4) is 11.3 Å². The lowest BCUT2D eigenvalue weighted by molar-refractivity contribution is 0.579. The second-order valence-corrected chi connectivity index (χ2v) is 3.38. The van der Waals surface area contributed by atoms with Crippen molar-refractivity contribution < 1.29 is 4.39 Å². The lowest BCUT2D eigenvalue weighted by atomic mass is 10.2. The van der Waals surface area contributed by atoms with Crippen LogP contribution in [-0.2, 0) is 6.54 Å². The van der Waals surface area contributed by atoms with Crippen LogP contribution in [0.1, 0.15) is 27.2 Å². The van der Waals surface area contributed by atoms with Gasteiger partial charge >= 0.3 is 0 Å². The molecule has 1 aromatic carbocycles. The predicted molar refractivity (Wildman–Crippen MR) is 67.1 cm³/mol. The van der Waals surface area contributed by atoms with Gasteiger partial charge < -0.3 is 0 Å². The summed E-state index contributed by atoms with van der Waals surface area (Å²) < 4.78 is 14.7. The maximum atomic E-state index is 13.0. The fourth-order valence-corrected chi connectivity index (χ4v) is 1.42. The topological polar surface area (TPSA) is 30.7 Å². The van der Waals surface area contributed by atoms with Gasteiger partial charge in [0.2, 0.25) is 0 Å². The molecule has 0 aliphatic carbocycles. The highest BCUT2D eigenvalue weighted by Gasteiger charge is 2.03. The van der Waals surface area contributed by atoms with Crippen LogP contribution < -0.4 is 0 Å². The van der Waals surface area contributed by atoms with Gasteiger partial charge in [0.15, 0.2) is 0 Å². The summed E-state index contributed by atoms with van der Waals surface area (Å²) in [5.41, 5.74) is 1.47. The molecule has 0 amide bonds. The second-order valence-electron chi connectivity index (χ2n) is 3.38. The third-order valence-electron chi connectivity index (χ3n) is 2.11. The van der Waals surface area contributed by atoms with Crippen molar-refractivity contribution in [2.24, 2.45) is 0 Å². The Bertz CT molecular complexity index is 451. The maximum Gasteiger partial charge on any atom is 0.123 e. The minimum Gasteiger partial charge on any atom is -0.252 e. The number of rotatable bonds is 3. The summed E-state index contributed by atoms with van der Waals surface area (Å²) >= 11 is 0. The molecule has 0 bridgehead atoms. The number of hydrogen-bond donors (Lipinski definition) is 0. The Morgan fingerprint density at radius 3 is 2.71 bits per heavy atom. The molecular weight excluding hydrogens is 217 g/mol. The summed E-state index contributed by atoms with van der Waals surface area (Å²) in [5, 5.41) is 7.95. The Balaban J connectivity index is 0.000000686. The van der Waals surface area contributed by atoms with E-state index in [0.29, 0.717) is 5.69 Å². The third-order valence-corrected chi connectivity index (χ3v) is 2.11. The Morgan fingerprint density at radius 1 is 1.29 bits per heavy atom. The molecule has 4 heteroatoms. The van der Waals surface area contributed by atoms with E-state index in [1.54, 1.807) is 10.7 Å². The average molecular weight is 235 g/mol. The van der Waals surface area contributed by atoms with E-state index in [-0.39, 0.29) is 5.82 Å². The van der Waals surface area contributed by atoms with E-state index in [0.717, 1.165) is 18.5 Å². The highest BCUT2D eigenvalue weighted by Crippen LogP contribution is 2.16. The Labute approximate surface area is 101 Å². The van der Waals surface area contributed by atoms with Crippen LogP contribution >= 0.6 is 0 Å². The zero-order valence-electron chi connectivity index (χ0n) is 10.5. The standard InChI is InChI=1S/C11H12FN3.C2H6/c1-2-6-15-8-11(13-14-15)9-4-3-5-10(12)7-9;1-2/h3-5,7-8H,2,6H2,1H3;1-2H3. The average Bonchev–Trinajstić information content (AvgIpc) is 2.81. The smallest absolute Gasteiger partial charge is 0.123 e. The molecule has 17 heavy (non-hydrogen) atoms. The van der Waals surface area contributed by atoms with E-state index in [1.165, 1.54) is 12.1 Å². The predicted octanol–water partition coefficient (Wildman–Crippen LogP) is 3.52. The number of halogens is 1. The highest BCUT2D eigenvalue weighted by atomic mass is 19.1. The van der Waals surface area contributed by atoms with Gasteiger partial charge in [0.25, 0.3) is 0 Å². The van der Waals surface area contributed by atoms with Gasteiger partial charge in [-0.2, -0.15) is 0 Å². The van der Waals surface area contributed by atoms with Crippen LogP contribution in [0.15, 0.2) is 30.5 Å². The fourth-order valence-electron chi connectivity index (χ4n) is 1.42. The molecule has 0 atom stereocenters. The van der Waals surface area contributed by atoms with E-state index in [4.69, 9.17) is 0 Å². The normalized spacial score (nSPS) is 9.65. The van der Waals surface area contributed by atoms with Crippen LogP contribution in [0.4, 0.5) is 4.39 Å². The number of aromatic nitrogens is 3. The molecule has 2 rings (SSSR count). The Morgan fingerprint density at radius 2 is 2.06 bits per heavy atom. The van der Waals surface area contributed by atoms with Crippen molar-refractivity contribution in [2.75, 3.05) is 0 Å². The van der Waals surface area contributed by atoms with Crippen LogP contribution in [0.5, 0.6) is 0 Å². The first-order valence-corrected chi connectivity index (χ1v) is 5.95. The molecule has 0 saturated carbocycles. The maximum absolute atomic E-state index is 13.0. The van der Waals surface area contributed by atoms with Gasteiger partial charge in [0, 0.05) is 12.1 Å². The SMILES string of the molecule is CC.CCCn1cc(-c2cccc(F)c2)nn1. The number of hydrogen-bond acceptors (Lipinski definition) is 2. The summed E-state index contributed by atoms with van der Waals surface area (Å²) in [4.78, 5) is 0. The van der Waals surface area contributed by atoms with Crippen molar-refractivity contribution in [3.63, 3.8) is 0 Å². The monoisotopic (exact) mass is 235 g/mol. The first-order chi connectivity index (χ1) is 8.29. The van der Waals surface area contributed by atoms with Gasteiger partial charge in [0.1, 0.15) is 11.5 Å². The summed E-state index contributed by atoms with van der Waals surface area (Å²) in [6.45, 7) is 6.91. The Hall–Kier alpha value is -1.71. The molecule has 0 fully saturated rings. The molecule has 1 aromatic heterocycles. The van der Waals surface area contributed by atoms with Crippen LogP contribution in [0.25, 0.3) is 11.3 Å². The van der Waals surface area contributed by atoms with E-state index in [2.05, 4.69) is 17.2 Å². The van der Waals surface area contributed by atoms with E-state index >= 15 is 0 Å². The van der Waals surface area contributed by atoms with Crippen molar-refractivity contribution in [3.05, 3.63) is 36.3 Å². The minimum atomic E-state index is -0.252. The summed E-state index contributed by atoms with van der Waals surface area (Å²) in [6, 6.07) is 6.37. The zero-order valence-corrected chi connectivity index (χ0v) is 10.5. The van der Waals surface area contributed by atoms with E-state index < -0.39 is 0 Å². The van der Waals surface area contributed by atoms with Gasteiger partial charge in [-0.1, -0.05) is 38.1 Å². The summed E-state index contributed by atoms with van der Waals surface area (Å²) in [7, 11) is 0. The van der Waals surface area contributed by atoms with Crippen LogP contribution in [-0.4, -0.2) is 15.0 Å². The largest absolute Gasteiger partial charge is 0.252 e.